The fraction of sp³-hybridized carbons (Fsp3) is 0.150. The number of rotatable bonds is 5. The van der Waals surface area contributed by atoms with Gasteiger partial charge >= 0.3 is 0 Å². The molecule has 0 amide bonds. The van der Waals surface area contributed by atoms with E-state index in [1.165, 1.54) is 11.3 Å². The molecule has 27 heavy (non-hydrogen) atoms. The number of hydrogen-bond acceptors (Lipinski definition) is 5. The van der Waals surface area contributed by atoms with E-state index in [-0.39, 0.29) is 5.78 Å². The molecule has 0 N–H and O–H groups in total. The molecule has 136 valence electrons. The Morgan fingerprint density at radius 3 is 2.67 bits per heavy atom. The summed E-state index contributed by atoms with van der Waals surface area (Å²) in [6, 6.07) is 13.5. The van der Waals surface area contributed by atoms with Gasteiger partial charge in [-0.15, -0.1) is 10.2 Å². The van der Waals surface area contributed by atoms with Crippen molar-refractivity contribution in [3.63, 3.8) is 0 Å². The van der Waals surface area contributed by atoms with Gasteiger partial charge in [0.25, 0.3) is 0 Å². The molecule has 0 saturated heterocycles. The van der Waals surface area contributed by atoms with Gasteiger partial charge < -0.3 is 9.30 Å². The lowest BCUT2D eigenvalue weighted by Gasteiger charge is -2.09. The number of aromatic nitrogens is 3. The highest BCUT2D eigenvalue weighted by Crippen LogP contribution is 2.32. The first kappa shape index (κ1) is 17.7. The number of methoxy groups -OCH3 is 1. The Balaban J connectivity index is 1.90. The molecule has 5 nitrogen and oxygen atoms in total. The first-order valence-corrected chi connectivity index (χ1v) is 9.56. The summed E-state index contributed by atoms with van der Waals surface area (Å²) < 4.78 is 7.50. The Morgan fingerprint density at radius 2 is 2.00 bits per heavy atom. The first-order chi connectivity index (χ1) is 13.1. The molecule has 0 atom stereocenters. The van der Waals surface area contributed by atoms with E-state index in [0.717, 1.165) is 22.2 Å². The number of ketones is 1. The molecule has 4 aromatic rings. The zero-order valence-corrected chi connectivity index (χ0v) is 16.3. The summed E-state index contributed by atoms with van der Waals surface area (Å²) in [6.07, 6.45) is 0. The van der Waals surface area contributed by atoms with Gasteiger partial charge in [0.1, 0.15) is 11.3 Å². The van der Waals surface area contributed by atoms with E-state index in [2.05, 4.69) is 14.8 Å². The summed E-state index contributed by atoms with van der Waals surface area (Å²) in [4.78, 5) is 13.1. The average Bonchev–Trinajstić information content (AvgIpc) is 3.30. The first-order valence-electron chi connectivity index (χ1n) is 8.30. The monoisotopic (exact) mass is 397 g/mol. The van der Waals surface area contributed by atoms with E-state index in [4.69, 9.17) is 16.3 Å². The largest absolute Gasteiger partial charge is 0.497 e. The molecule has 0 fully saturated rings. The van der Waals surface area contributed by atoms with Crippen molar-refractivity contribution < 1.29 is 9.53 Å². The molecule has 4 rings (SSSR count). The van der Waals surface area contributed by atoms with Crippen LogP contribution in [0.25, 0.3) is 10.9 Å². The van der Waals surface area contributed by atoms with Crippen LogP contribution in [0.4, 0.5) is 0 Å². The molecule has 2 aromatic carbocycles. The zero-order valence-electron chi connectivity index (χ0n) is 14.8. The van der Waals surface area contributed by atoms with Crippen LogP contribution in [0.15, 0.2) is 48.0 Å². The summed E-state index contributed by atoms with van der Waals surface area (Å²) in [5.41, 5.74) is 5.15. The molecule has 0 radical (unpaired) electrons. The smallest absolute Gasteiger partial charge is 0.225 e. The second-order valence-corrected chi connectivity index (χ2v) is 7.40. The molecule has 0 saturated carbocycles. The predicted molar refractivity (Wildman–Crippen MR) is 107 cm³/mol. The minimum Gasteiger partial charge on any atom is -0.497 e. The highest BCUT2D eigenvalue weighted by atomic mass is 35.5. The van der Waals surface area contributed by atoms with Crippen LogP contribution >= 0.6 is 22.9 Å². The molecule has 0 aliphatic carbocycles. The van der Waals surface area contributed by atoms with Crippen molar-refractivity contribution in [3.8, 4) is 5.75 Å². The maximum absolute atomic E-state index is 13.1. The van der Waals surface area contributed by atoms with Gasteiger partial charge in [-0.25, -0.2) is 0 Å². The van der Waals surface area contributed by atoms with E-state index >= 15 is 0 Å². The Morgan fingerprint density at radius 1 is 1.22 bits per heavy atom. The number of carbonyl (C=O) groups excluding carboxylic acids is 1. The van der Waals surface area contributed by atoms with Crippen LogP contribution in [0.3, 0.4) is 0 Å². The molecule has 0 unspecified atom stereocenters. The van der Waals surface area contributed by atoms with Crippen LogP contribution in [-0.2, 0) is 6.54 Å². The molecular weight excluding hydrogens is 382 g/mol. The van der Waals surface area contributed by atoms with Gasteiger partial charge in [-0.3, -0.25) is 4.79 Å². The van der Waals surface area contributed by atoms with Crippen molar-refractivity contribution in [1.29, 1.82) is 0 Å². The predicted octanol–water partition coefficient (Wildman–Crippen LogP) is 4.74. The van der Waals surface area contributed by atoms with E-state index in [1.807, 2.05) is 49.4 Å². The van der Waals surface area contributed by atoms with Gasteiger partial charge in [0.2, 0.25) is 5.78 Å². The van der Waals surface area contributed by atoms with Crippen LogP contribution in [0.2, 0.25) is 5.02 Å². The third kappa shape index (κ3) is 3.22. The number of benzene rings is 2. The second-order valence-electron chi connectivity index (χ2n) is 6.13. The van der Waals surface area contributed by atoms with Crippen LogP contribution < -0.4 is 4.74 Å². The number of hydrogen-bond donors (Lipinski definition) is 0. The molecule has 2 aromatic heterocycles. The number of halogens is 1. The Hall–Kier alpha value is -2.70. The maximum atomic E-state index is 13.1. The maximum Gasteiger partial charge on any atom is 0.225 e. The average molecular weight is 398 g/mol. The van der Waals surface area contributed by atoms with Gasteiger partial charge in [-0.05, 0) is 42.8 Å². The normalized spacial score (nSPS) is 11.1. The van der Waals surface area contributed by atoms with Crippen molar-refractivity contribution in [1.82, 2.24) is 14.8 Å². The minimum absolute atomic E-state index is 0.122. The number of fused-ring (bicyclic) bond motifs is 1. The lowest BCUT2D eigenvalue weighted by atomic mass is 10.1. The number of carbonyl (C=O) groups is 1. The van der Waals surface area contributed by atoms with Gasteiger partial charge in [0.15, 0.2) is 5.01 Å². The van der Waals surface area contributed by atoms with E-state index in [1.54, 1.807) is 12.6 Å². The number of nitrogens with zero attached hydrogens (tertiary/aromatic N) is 3. The van der Waals surface area contributed by atoms with Crippen LogP contribution in [-0.4, -0.2) is 27.7 Å². The highest BCUT2D eigenvalue weighted by molar-refractivity contribution is 7.11. The van der Waals surface area contributed by atoms with E-state index < -0.39 is 0 Å². The molecule has 7 heteroatoms. The molecular formula is C20H16ClN3O2S. The van der Waals surface area contributed by atoms with Gasteiger partial charge in [0, 0.05) is 28.2 Å². The highest BCUT2D eigenvalue weighted by Gasteiger charge is 2.23. The van der Waals surface area contributed by atoms with Crippen molar-refractivity contribution in [2.45, 2.75) is 13.5 Å². The molecule has 2 heterocycles. The third-order valence-electron chi connectivity index (χ3n) is 4.57. The van der Waals surface area contributed by atoms with E-state index in [0.29, 0.717) is 27.9 Å². The van der Waals surface area contributed by atoms with Gasteiger partial charge in [-0.2, -0.15) is 0 Å². The summed E-state index contributed by atoms with van der Waals surface area (Å²) in [7, 11) is 1.62. The quantitative estimate of drug-likeness (QED) is 0.456. The fourth-order valence-electron chi connectivity index (χ4n) is 3.23. The van der Waals surface area contributed by atoms with Crippen molar-refractivity contribution in [2.24, 2.45) is 0 Å². The van der Waals surface area contributed by atoms with Crippen molar-refractivity contribution >= 4 is 39.6 Å². The Kier molecular flexibility index (Phi) is 4.68. The molecule has 0 spiro atoms. The summed E-state index contributed by atoms with van der Waals surface area (Å²) >= 11 is 7.24. The Bertz CT molecular complexity index is 1120. The summed E-state index contributed by atoms with van der Waals surface area (Å²) in [5.74, 6) is 0.584. The van der Waals surface area contributed by atoms with Crippen molar-refractivity contribution in [3.05, 3.63) is 74.8 Å². The summed E-state index contributed by atoms with van der Waals surface area (Å²) in [5, 5.41) is 9.68. The lowest BCUT2D eigenvalue weighted by molar-refractivity contribution is 0.103. The van der Waals surface area contributed by atoms with Crippen LogP contribution in [0.5, 0.6) is 5.75 Å². The SMILES string of the molecule is COc1ccc2c(c1)c(C(=O)c1nncs1)c(C)n2Cc1ccc(Cl)cc1. The molecule has 0 bridgehead atoms. The molecule has 0 aliphatic heterocycles. The minimum atomic E-state index is -0.122. The van der Waals surface area contributed by atoms with Gasteiger partial charge in [-0.1, -0.05) is 35.1 Å². The summed E-state index contributed by atoms with van der Waals surface area (Å²) in [6.45, 7) is 2.59. The van der Waals surface area contributed by atoms with Gasteiger partial charge in [0.05, 0.1) is 12.7 Å². The Labute approximate surface area is 165 Å². The van der Waals surface area contributed by atoms with E-state index in [9.17, 15) is 4.79 Å². The third-order valence-corrected chi connectivity index (χ3v) is 5.51. The van der Waals surface area contributed by atoms with Crippen molar-refractivity contribution in [2.75, 3.05) is 7.11 Å². The standard InChI is InChI=1S/C20H16ClN3O2S/c1-12-18(19(25)20-23-22-11-27-20)16-9-15(26-2)7-8-17(16)24(12)10-13-3-5-14(21)6-4-13/h3-9,11H,10H2,1-2H3. The van der Waals surface area contributed by atoms with Crippen LogP contribution in [0.1, 0.15) is 26.6 Å². The van der Waals surface area contributed by atoms with Crippen LogP contribution in [0, 0.1) is 6.92 Å². The fourth-order valence-corrected chi connectivity index (χ4v) is 3.85. The lowest BCUT2D eigenvalue weighted by Crippen LogP contribution is -2.06. The second kappa shape index (κ2) is 7.13. The topological polar surface area (TPSA) is 57.0 Å². The number of ether oxygens (including phenoxy) is 1. The zero-order chi connectivity index (χ0) is 19.0. The molecule has 0 aliphatic rings.